The van der Waals surface area contributed by atoms with Gasteiger partial charge in [0, 0.05) is 24.6 Å². The summed E-state index contributed by atoms with van der Waals surface area (Å²) >= 11 is 0. The molecule has 1 aromatic carbocycles. The molecule has 7 nitrogen and oxygen atoms in total. The quantitative estimate of drug-likeness (QED) is 0.452. The molecule has 3 fully saturated rings. The minimum absolute atomic E-state index is 0.109. The van der Waals surface area contributed by atoms with E-state index >= 15 is 4.39 Å². The van der Waals surface area contributed by atoms with E-state index in [1.54, 1.807) is 18.3 Å². The number of nitrogens with zero attached hydrogens (tertiary/aromatic N) is 5. The lowest BCUT2D eigenvalue weighted by molar-refractivity contribution is -0.0554. The zero-order valence-corrected chi connectivity index (χ0v) is 22.0. The number of rotatable bonds is 5. The van der Waals surface area contributed by atoms with Gasteiger partial charge in [-0.15, -0.1) is 10.2 Å². The normalized spacial score (nSPS) is 28.8. The number of halogens is 2. The number of hydrogen-bond acceptors (Lipinski definition) is 6. The summed E-state index contributed by atoms with van der Waals surface area (Å²) in [6.45, 7) is 4.41. The molecule has 3 aliphatic carbocycles. The molecule has 0 saturated heterocycles. The van der Waals surface area contributed by atoms with Crippen molar-refractivity contribution < 1.29 is 13.9 Å². The lowest BCUT2D eigenvalue weighted by Gasteiger charge is -2.56. The van der Waals surface area contributed by atoms with Crippen LogP contribution in [0.3, 0.4) is 0 Å². The van der Waals surface area contributed by atoms with Crippen LogP contribution in [0.5, 0.6) is 5.75 Å². The highest BCUT2D eigenvalue weighted by atomic mass is 19.1. The van der Waals surface area contributed by atoms with E-state index in [1.807, 2.05) is 0 Å². The van der Waals surface area contributed by atoms with Gasteiger partial charge in [0.25, 0.3) is 5.56 Å². The van der Waals surface area contributed by atoms with Gasteiger partial charge in [0.15, 0.2) is 17.6 Å². The molecule has 6 rings (SSSR count). The minimum atomic E-state index is -0.936. The summed E-state index contributed by atoms with van der Waals surface area (Å²) in [5.41, 5.74) is 0.558. The Balaban J connectivity index is 1.28. The standard InChI is InChI=1S/C29H33F2N5O2/c1-28-9-4-10-29(2,16-28)26(31)21(14-28)36(19-6-7-19)24-15-32-27(34-33-24)20-8-5-17(11-22(20)37)18-12-23(30)35(3)25(38)13-18/h5,8,11-13,15,19,21,26,37H,4,6-7,9-10,14,16H2,1-3H3/t21-,26-,28-,29-/m1/s1. The zero-order chi connectivity index (χ0) is 26.8. The van der Waals surface area contributed by atoms with E-state index in [9.17, 15) is 14.3 Å². The fourth-order valence-corrected chi connectivity index (χ4v) is 6.95. The molecule has 0 spiro atoms. The maximum Gasteiger partial charge on any atom is 0.253 e. The van der Waals surface area contributed by atoms with E-state index in [1.165, 1.54) is 25.2 Å². The van der Waals surface area contributed by atoms with Gasteiger partial charge >= 0.3 is 0 Å². The van der Waals surface area contributed by atoms with E-state index in [0.717, 1.165) is 49.5 Å². The number of fused-ring (bicyclic) bond motifs is 2. The Morgan fingerprint density at radius 3 is 2.55 bits per heavy atom. The van der Waals surface area contributed by atoms with Crippen molar-refractivity contribution in [2.75, 3.05) is 4.90 Å². The first kappa shape index (κ1) is 24.9. The van der Waals surface area contributed by atoms with Crippen LogP contribution in [0.15, 0.2) is 41.3 Å². The molecule has 3 aliphatic rings. The molecule has 4 atom stereocenters. The minimum Gasteiger partial charge on any atom is -0.507 e. The van der Waals surface area contributed by atoms with Crippen molar-refractivity contribution in [1.82, 2.24) is 19.7 Å². The number of aromatic hydroxyl groups is 1. The summed E-state index contributed by atoms with van der Waals surface area (Å²) in [6, 6.07) is 7.30. The number of hydrogen-bond donors (Lipinski definition) is 1. The van der Waals surface area contributed by atoms with Gasteiger partial charge in [-0.25, -0.2) is 9.37 Å². The number of aromatic nitrogens is 4. The smallest absolute Gasteiger partial charge is 0.253 e. The summed E-state index contributed by atoms with van der Waals surface area (Å²) < 4.78 is 31.0. The molecule has 3 aromatic rings. The average molecular weight is 522 g/mol. The van der Waals surface area contributed by atoms with Crippen LogP contribution in [-0.4, -0.2) is 43.1 Å². The first-order chi connectivity index (χ1) is 18.1. The van der Waals surface area contributed by atoms with Gasteiger partial charge in [-0.05, 0) is 73.3 Å². The number of phenols is 1. The molecule has 2 heterocycles. The van der Waals surface area contributed by atoms with Crippen LogP contribution in [0, 0.1) is 16.8 Å². The van der Waals surface area contributed by atoms with Gasteiger partial charge in [-0.2, -0.15) is 4.39 Å². The molecule has 0 aliphatic heterocycles. The van der Waals surface area contributed by atoms with E-state index in [4.69, 9.17) is 0 Å². The Morgan fingerprint density at radius 1 is 1.11 bits per heavy atom. The first-order valence-corrected chi connectivity index (χ1v) is 13.4. The lowest BCUT2D eigenvalue weighted by Crippen LogP contribution is -2.58. The van der Waals surface area contributed by atoms with Gasteiger partial charge < -0.3 is 10.0 Å². The summed E-state index contributed by atoms with van der Waals surface area (Å²) in [6.07, 6.45) is 7.57. The van der Waals surface area contributed by atoms with Crippen LogP contribution in [0.25, 0.3) is 22.5 Å². The van der Waals surface area contributed by atoms with E-state index in [2.05, 4.69) is 33.9 Å². The van der Waals surface area contributed by atoms with Gasteiger partial charge in [0.1, 0.15) is 11.9 Å². The molecule has 200 valence electrons. The Bertz CT molecular complexity index is 1440. The van der Waals surface area contributed by atoms with E-state index in [-0.39, 0.29) is 34.5 Å². The largest absolute Gasteiger partial charge is 0.507 e. The second-order valence-corrected chi connectivity index (χ2v) is 12.1. The van der Waals surface area contributed by atoms with Crippen molar-refractivity contribution in [3.8, 4) is 28.3 Å². The maximum atomic E-state index is 16.1. The van der Waals surface area contributed by atoms with Crippen molar-refractivity contribution in [3.63, 3.8) is 0 Å². The fourth-order valence-electron chi connectivity index (χ4n) is 6.95. The number of phenolic OH excluding ortho intramolecular Hbond substituents is 1. The van der Waals surface area contributed by atoms with Crippen LogP contribution in [0.1, 0.15) is 58.8 Å². The molecule has 1 N–H and O–H groups in total. The molecule has 9 heteroatoms. The highest BCUT2D eigenvalue weighted by Crippen LogP contribution is 2.58. The highest BCUT2D eigenvalue weighted by molar-refractivity contribution is 5.72. The van der Waals surface area contributed by atoms with Gasteiger partial charge in [-0.1, -0.05) is 26.3 Å². The summed E-state index contributed by atoms with van der Waals surface area (Å²) in [5.74, 6) is 0.0317. The molecule has 0 amide bonds. The van der Waals surface area contributed by atoms with Gasteiger partial charge in [0.05, 0.1) is 17.8 Å². The maximum absolute atomic E-state index is 16.1. The predicted molar refractivity (Wildman–Crippen MR) is 141 cm³/mol. The Morgan fingerprint density at radius 2 is 1.89 bits per heavy atom. The molecule has 2 bridgehead atoms. The van der Waals surface area contributed by atoms with Crippen LogP contribution < -0.4 is 10.5 Å². The summed E-state index contributed by atoms with van der Waals surface area (Å²) in [5, 5.41) is 19.5. The Kier molecular flexibility index (Phi) is 5.81. The number of alkyl halides is 1. The third-order valence-corrected chi connectivity index (χ3v) is 8.95. The Hall–Kier alpha value is -3.36. The monoisotopic (exact) mass is 521 g/mol. The van der Waals surface area contributed by atoms with E-state index < -0.39 is 17.7 Å². The molecule has 0 unspecified atom stereocenters. The molecule has 3 saturated carbocycles. The van der Waals surface area contributed by atoms with Crippen molar-refractivity contribution in [1.29, 1.82) is 0 Å². The van der Waals surface area contributed by atoms with Gasteiger partial charge in [0.2, 0.25) is 0 Å². The van der Waals surface area contributed by atoms with Crippen molar-refractivity contribution in [2.45, 2.75) is 77.0 Å². The number of benzene rings is 1. The van der Waals surface area contributed by atoms with Crippen LogP contribution in [-0.2, 0) is 7.05 Å². The predicted octanol–water partition coefficient (Wildman–Crippen LogP) is 5.41. The molecular weight excluding hydrogens is 488 g/mol. The lowest BCUT2D eigenvalue weighted by atomic mass is 9.54. The zero-order valence-electron chi connectivity index (χ0n) is 22.0. The highest BCUT2D eigenvalue weighted by Gasteiger charge is 2.56. The van der Waals surface area contributed by atoms with Crippen molar-refractivity contribution >= 4 is 5.82 Å². The first-order valence-electron chi connectivity index (χ1n) is 13.4. The Labute approximate surface area is 220 Å². The average Bonchev–Trinajstić information content (AvgIpc) is 3.71. The molecule has 0 radical (unpaired) electrons. The summed E-state index contributed by atoms with van der Waals surface area (Å²) in [7, 11) is 1.36. The molecular formula is C29H33F2N5O2. The van der Waals surface area contributed by atoms with Crippen molar-refractivity contribution in [2.24, 2.45) is 17.9 Å². The topological polar surface area (TPSA) is 84.1 Å². The fraction of sp³-hybridized carbons (Fsp3) is 0.517. The van der Waals surface area contributed by atoms with Crippen LogP contribution >= 0.6 is 0 Å². The third-order valence-electron chi connectivity index (χ3n) is 8.95. The molecule has 2 aromatic heterocycles. The molecule has 38 heavy (non-hydrogen) atoms. The van der Waals surface area contributed by atoms with E-state index in [0.29, 0.717) is 22.5 Å². The third kappa shape index (κ3) is 4.25. The second kappa shape index (κ2) is 8.85. The van der Waals surface area contributed by atoms with Gasteiger partial charge in [-0.3, -0.25) is 9.36 Å². The summed E-state index contributed by atoms with van der Waals surface area (Å²) in [4.78, 5) is 18.6. The number of pyridine rings is 1. The van der Waals surface area contributed by atoms with Crippen LogP contribution in [0.4, 0.5) is 14.6 Å². The number of anilines is 1. The SMILES string of the molecule is Cn1c(F)cc(-c2ccc(-c3ncc(N(C4CC4)[C@@H]4C[C@@]5(C)CCC[C@](C)(C5)[C@@H]4F)nn3)c(O)c2)cc1=O. The van der Waals surface area contributed by atoms with Crippen LogP contribution in [0.2, 0.25) is 0 Å². The second-order valence-electron chi connectivity index (χ2n) is 12.1. The van der Waals surface area contributed by atoms with Crippen molar-refractivity contribution in [3.05, 3.63) is 52.8 Å².